The van der Waals surface area contributed by atoms with E-state index >= 15 is 0 Å². The average molecular weight is 453 g/mol. The average Bonchev–Trinajstić information content (AvgIpc) is 3.66. The second kappa shape index (κ2) is 11.1. The lowest BCUT2D eigenvalue weighted by Crippen LogP contribution is -2.34. The van der Waals surface area contributed by atoms with Crippen molar-refractivity contribution in [2.24, 2.45) is 10.7 Å². The molecule has 4 N–H and O–H groups in total. The first kappa shape index (κ1) is 23.8. The minimum absolute atomic E-state index is 0.0856. The van der Waals surface area contributed by atoms with Crippen molar-refractivity contribution in [1.82, 2.24) is 25.2 Å². The molecular weight excluding hydrogens is 424 g/mol. The van der Waals surface area contributed by atoms with E-state index in [0.717, 1.165) is 18.5 Å². The summed E-state index contributed by atoms with van der Waals surface area (Å²) >= 11 is 0. The Morgan fingerprint density at radius 2 is 2.00 bits per heavy atom. The molecule has 11 nitrogen and oxygen atoms in total. The maximum atomic E-state index is 13.3. The summed E-state index contributed by atoms with van der Waals surface area (Å²) in [5.41, 5.74) is 8.08. The van der Waals surface area contributed by atoms with E-state index < -0.39 is 11.8 Å². The van der Waals surface area contributed by atoms with Crippen LogP contribution in [0.15, 0.2) is 47.2 Å². The first-order valence-corrected chi connectivity index (χ1v) is 10.4. The Morgan fingerprint density at radius 3 is 2.64 bits per heavy atom. The highest BCUT2D eigenvalue weighted by molar-refractivity contribution is 6.05. The van der Waals surface area contributed by atoms with Crippen LogP contribution < -0.4 is 16.4 Å². The number of anilines is 2. The van der Waals surface area contributed by atoms with Crippen LogP contribution in [0.1, 0.15) is 34.9 Å². The number of methoxy groups -OCH3 is 1. The minimum Gasteiger partial charge on any atom is -0.393 e. The topological polar surface area (TPSA) is 148 Å². The number of ether oxygens (including phenoxy) is 1. The number of pyridine rings is 1. The molecule has 0 bridgehead atoms. The number of likely N-dealkylation sites (N-methyl/N-ethyl adjacent to an activating group) is 1. The lowest BCUT2D eigenvalue weighted by Gasteiger charge is -2.16. The lowest BCUT2D eigenvalue weighted by molar-refractivity contribution is -0.124. The largest absolute Gasteiger partial charge is 0.393 e. The molecule has 33 heavy (non-hydrogen) atoms. The zero-order valence-corrected chi connectivity index (χ0v) is 18.9. The number of aromatic nitrogens is 3. The highest BCUT2D eigenvalue weighted by Gasteiger charge is 2.27. The highest BCUT2D eigenvalue weighted by Crippen LogP contribution is 2.39. The Hall–Kier alpha value is -3.86. The van der Waals surface area contributed by atoms with Crippen LogP contribution in [0, 0.1) is 0 Å². The monoisotopic (exact) mass is 452 g/mol. The normalized spacial score (nSPS) is 14.0. The number of nitrogens with two attached hydrogens (primary N) is 1. The quantitative estimate of drug-likeness (QED) is 0.277. The van der Waals surface area contributed by atoms with Gasteiger partial charge in [-0.15, -0.1) is 0 Å². The van der Waals surface area contributed by atoms with Gasteiger partial charge in [0.25, 0.3) is 11.8 Å². The van der Waals surface area contributed by atoms with Gasteiger partial charge in [0.1, 0.15) is 12.0 Å². The van der Waals surface area contributed by atoms with Gasteiger partial charge in [0.2, 0.25) is 0 Å². The lowest BCUT2D eigenvalue weighted by atomic mass is 10.2. The third kappa shape index (κ3) is 6.56. The van der Waals surface area contributed by atoms with Gasteiger partial charge in [-0.1, -0.05) is 0 Å². The number of carbonyl (C=O) groups excluding carboxylic acids is 2. The molecule has 0 aromatic carbocycles. The van der Waals surface area contributed by atoms with Crippen LogP contribution in [0.2, 0.25) is 0 Å². The second-order valence-electron chi connectivity index (χ2n) is 7.67. The summed E-state index contributed by atoms with van der Waals surface area (Å²) in [5, 5.41) is 5.83. The molecule has 0 atom stereocenters. The van der Waals surface area contributed by atoms with Crippen LogP contribution in [0.5, 0.6) is 0 Å². The SMILES string of the molecule is COCCN=CC(NC(=O)c1nc(C2CC2)ccc1Nc1cncnc1)=C(N)C(=O)N(C)C. The zero-order valence-electron chi connectivity index (χ0n) is 18.9. The number of allylic oxidation sites excluding steroid dienone is 1. The molecule has 3 rings (SSSR count). The van der Waals surface area contributed by atoms with E-state index in [1.54, 1.807) is 39.7 Å². The maximum absolute atomic E-state index is 13.3. The first-order chi connectivity index (χ1) is 15.9. The van der Waals surface area contributed by atoms with Gasteiger partial charge in [0, 0.05) is 39.0 Å². The maximum Gasteiger partial charge on any atom is 0.276 e. The van der Waals surface area contributed by atoms with Gasteiger partial charge in [-0.2, -0.15) is 0 Å². The van der Waals surface area contributed by atoms with Gasteiger partial charge in [0.15, 0.2) is 5.69 Å². The van der Waals surface area contributed by atoms with Crippen LogP contribution in [-0.2, 0) is 9.53 Å². The van der Waals surface area contributed by atoms with E-state index in [9.17, 15) is 9.59 Å². The van der Waals surface area contributed by atoms with E-state index in [0.29, 0.717) is 30.4 Å². The fourth-order valence-corrected chi connectivity index (χ4v) is 2.88. The number of rotatable bonds is 10. The fourth-order valence-electron chi connectivity index (χ4n) is 2.88. The molecule has 0 spiro atoms. The Labute approximate surface area is 192 Å². The van der Waals surface area contributed by atoms with Crippen molar-refractivity contribution < 1.29 is 14.3 Å². The van der Waals surface area contributed by atoms with Crippen LogP contribution in [0.3, 0.4) is 0 Å². The zero-order chi connectivity index (χ0) is 23.8. The molecule has 1 aliphatic carbocycles. The molecule has 1 fully saturated rings. The molecule has 1 aliphatic rings. The number of hydrogen-bond acceptors (Lipinski definition) is 9. The van der Waals surface area contributed by atoms with Crippen molar-refractivity contribution in [3.63, 3.8) is 0 Å². The molecule has 0 unspecified atom stereocenters. The number of aliphatic imine (C=N–C) groups is 1. The molecule has 1 saturated carbocycles. The van der Waals surface area contributed by atoms with Crippen molar-refractivity contribution in [2.45, 2.75) is 18.8 Å². The van der Waals surface area contributed by atoms with Gasteiger partial charge in [0.05, 0.1) is 42.6 Å². The molecule has 0 radical (unpaired) electrons. The molecule has 0 aliphatic heterocycles. The van der Waals surface area contributed by atoms with Crippen molar-refractivity contribution in [2.75, 3.05) is 39.7 Å². The summed E-state index contributed by atoms with van der Waals surface area (Å²) in [7, 11) is 4.70. The van der Waals surface area contributed by atoms with Crippen LogP contribution in [0.4, 0.5) is 11.4 Å². The molecule has 2 heterocycles. The number of hydrogen-bond donors (Lipinski definition) is 3. The smallest absolute Gasteiger partial charge is 0.276 e. The summed E-state index contributed by atoms with van der Waals surface area (Å²) in [6.45, 7) is 0.729. The molecule has 2 aromatic rings. The highest BCUT2D eigenvalue weighted by atomic mass is 16.5. The summed E-state index contributed by atoms with van der Waals surface area (Å²) in [6.07, 6.45) is 8.02. The third-order valence-electron chi connectivity index (χ3n) is 4.79. The van der Waals surface area contributed by atoms with Gasteiger partial charge < -0.3 is 26.0 Å². The van der Waals surface area contributed by atoms with Crippen LogP contribution in [0.25, 0.3) is 0 Å². The summed E-state index contributed by atoms with van der Waals surface area (Å²) in [4.78, 5) is 43.8. The second-order valence-corrected chi connectivity index (χ2v) is 7.67. The predicted molar refractivity (Wildman–Crippen MR) is 124 cm³/mol. The number of nitrogens with zero attached hydrogens (tertiary/aromatic N) is 5. The van der Waals surface area contributed by atoms with Crippen molar-refractivity contribution in [1.29, 1.82) is 0 Å². The first-order valence-electron chi connectivity index (χ1n) is 10.4. The van der Waals surface area contributed by atoms with E-state index in [2.05, 4.69) is 30.6 Å². The number of carbonyl (C=O) groups is 2. The van der Waals surface area contributed by atoms with Gasteiger partial charge in [-0.3, -0.25) is 14.6 Å². The summed E-state index contributed by atoms with van der Waals surface area (Å²) in [5.74, 6) is -0.640. The molecule has 174 valence electrons. The summed E-state index contributed by atoms with van der Waals surface area (Å²) < 4.78 is 4.98. The van der Waals surface area contributed by atoms with Gasteiger partial charge in [-0.05, 0) is 25.0 Å². The standard InChI is InChI=1S/C22H28N8O3/c1-30(2)22(32)19(23)18(12-24-8-9-33-3)29-21(31)20-17(27-15-10-25-13-26-11-15)7-6-16(28-20)14-4-5-14/h6-7,10-14,27H,4-5,8-9,23H2,1-3H3,(H,29,31). The van der Waals surface area contributed by atoms with Gasteiger partial charge >= 0.3 is 0 Å². The Morgan fingerprint density at radius 1 is 1.27 bits per heavy atom. The molecule has 0 saturated heterocycles. The number of amides is 2. The van der Waals surface area contributed by atoms with Crippen LogP contribution in [-0.4, -0.2) is 72.2 Å². The predicted octanol–water partition coefficient (Wildman–Crippen LogP) is 1.20. The van der Waals surface area contributed by atoms with E-state index in [1.165, 1.54) is 17.4 Å². The molecule has 11 heteroatoms. The number of nitrogens with one attached hydrogen (secondary N) is 2. The third-order valence-corrected chi connectivity index (χ3v) is 4.79. The Kier molecular flexibility index (Phi) is 8.03. The summed E-state index contributed by atoms with van der Waals surface area (Å²) in [6, 6.07) is 3.69. The van der Waals surface area contributed by atoms with Gasteiger partial charge in [-0.25, -0.2) is 15.0 Å². The molecular formula is C22H28N8O3. The van der Waals surface area contributed by atoms with E-state index in [-0.39, 0.29) is 17.1 Å². The fraction of sp³-hybridized carbons (Fsp3) is 0.364. The Balaban J connectivity index is 1.93. The Bertz CT molecular complexity index is 1050. The molecule has 2 amide bonds. The minimum atomic E-state index is -0.528. The van der Waals surface area contributed by atoms with E-state index in [1.807, 2.05) is 6.07 Å². The van der Waals surface area contributed by atoms with Crippen molar-refractivity contribution in [3.05, 3.63) is 53.6 Å². The van der Waals surface area contributed by atoms with Crippen molar-refractivity contribution >= 4 is 29.4 Å². The molecule has 2 aromatic heterocycles. The van der Waals surface area contributed by atoms with E-state index in [4.69, 9.17) is 10.5 Å². The van der Waals surface area contributed by atoms with Crippen molar-refractivity contribution in [3.8, 4) is 0 Å². The van der Waals surface area contributed by atoms with Crippen LogP contribution >= 0.6 is 0 Å².